The molecule has 2 heterocycles. The Morgan fingerprint density at radius 1 is 1.22 bits per heavy atom. The minimum atomic E-state index is -0.328. The van der Waals surface area contributed by atoms with Gasteiger partial charge < -0.3 is 20.7 Å². The molecule has 2 aromatic rings. The first kappa shape index (κ1) is 29.1. The van der Waals surface area contributed by atoms with Gasteiger partial charge >= 0.3 is 0 Å². The van der Waals surface area contributed by atoms with Crippen LogP contribution in [0, 0.1) is 11.8 Å². The lowest BCUT2D eigenvalue weighted by molar-refractivity contribution is -0.122. The minimum Gasteiger partial charge on any atom is -0.385 e. The van der Waals surface area contributed by atoms with Crippen molar-refractivity contribution in [3.05, 3.63) is 40.7 Å². The van der Waals surface area contributed by atoms with Crippen LogP contribution in [0.2, 0.25) is 0 Å². The number of aromatic nitrogens is 3. The van der Waals surface area contributed by atoms with E-state index in [-0.39, 0.29) is 42.1 Å². The first-order valence-electron chi connectivity index (χ1n) is 13.3. The predicted octanol–water partition coefficient (Wildman–Crippen LogP) is 2.71. The highest BCUT2D eigenvalue weighted by Crippen LogP contribution is 2.27. The molecule has 4 rings (SSSR count). The van der Waals surface area contributed by atoms with Crippen molar-refractivity contribution in [3.8, 4) is 5.69 Å². The average Bonchev–Trinajstić information content (AvgIpc) is 3.51. The molecule has 0 radical (unpaired) electrons. The second-order valence-electron chi connectivity index (χ2n) is 10.6. The van der Waals surface area contributed by atoms with Gasteiger partial charge in [-0.05, 0) is 74.1 Å². The monoisotopic (exact) mass is 532 g/mol. The second-order valence-corrected chi connectivity index (χ2v) is 10.6. The number of carbonyl (C=O) groups excluding carboxylic acids is 2. The van der Waals surface area contributed by atoms with Crippen LogP contribution in [-0.4, -0.2) is 71.1 Å². The summed E-state index contributed by atoms with van der Waals surface area (Å²) in [6, 6.07) is 6.33. The highest BCUT2D eigenvalue weighted by atomic mass is 35.5. The van der Waals surface area contributed by atoms with Crippen LogP contribution in [0.3, 0.4) is 0 Å². The summed E-state index contributed by atoms with van der Waals surface area (Å²) < 4.78 is 7.08. The number of primary amides is 1. The van der Waals surface area contributed by atoms with Gasteiger partial charge in [0.15, 0.2) is 5.69 Å². The molecule has 0 saturated carbocycles. The van der Waals surface area contributed by atoms with Crippen LogP contribution in [0.5, 0.6) is 0 Å². The van der Waals surface area contributed by atoms with E-state index in [4.69, 9.17) is 10.5 Å². The number of nitrogens with two attached hydrogens (primary N) is 1. The smallest absolute Gasteiger partial charge is 0.276 e. The molecule has 1 saturated heterocycles. The van der Waals surface area contributed by atoms with Gasteiger partial charge in [-0.3, -0.25) is 9.59 Å². The van der Waals surface area contributed by atoms with Crippen molar-refractivity contribution in [1.29, 1.82) is 0 Å². The average molecular weight is 533 g/mol. The SMILES string of the molecule is COCCCCc1c(C(=O)N(CC(C)C)[C@@H]2CNC[C@H](C(N)=O)C2)nnn1-c1ccc2c(c1)CCC2.Cl. The molecule has 2 aliphatic rings. The van der Waals surface area contributed by atoms with Gasteiger partial charge in [-0.15, -0.1) is 17.5 Å². The van der Waals surface area contributed by atoms with Crippen molar-refractivity contribution >= 4 is 24.2 Å². The minimum absolute atomic E-state index is 0. The first-order chi connectivity index (χ1) is 17.4. The van der Waals surface area contributed by atoms with Gasteiger partial charge in [-0.2, -0.15) is 0 Å². The Labute approximate surface area is 225 Å². The molecule has 37 heavy (non-hydrogen) atoms. The lowest BCUT2D eigenvalue weighted by Gasteiger charge is -2.37. The van der Waals surface area contributed by atoms with Crippen molar-refractivity contribution < 1.29 is 14.3 Å². The summed E-state index contributed by atoms with van der Waals surface area (Å²) in [6.07, 6.45) is 6.36. The van der Waals surface area contributed by atoms with Gasteiger partial charge in [0.2, 0.25) is 5.91 Å². The van der Waals surface area contributed by atoms with Crippen molar-refractivity contribution in [1.82, 2.24) is 25.2 Å². The number of rotatable bonds is 11. The van der Waals surface area contributed by atoms with E-state index in [0.29, 0.717) is 44.8 Å². The number of nitrogens with zero attached hydrogens (tertiary/aromatic N) is 4. The summed E-state index contributed by atoms with van der Waals surface area (Å²) in [6.45, 7) is 6.61. The van der Waals surface area contributed by atoms with Gasteiger partial charge in [0.25, 0.3) is 5.91 Å². The van der Waals surface area contributed by atoms with Crippen LogP contribution in [0.4, 0.5) is 0 Å². The Balaban J connectivity index is 0.00000380. The van der Waals surface area contributed by atoms with Crippen LogP contribution in [0.25, 0.3) is 5.69 Å². The summed E-state index contributed by atoms with van der Waals surface area (Å²) in [5.41, 5.74) is 10.5. The normalized spacial score (nSPS) is 18.9. The number of aryl methyl sites for hydroxylation is 2. The van der Waals surface area contributed by atoms with Crippen LogP contribution < -0.4 is 11.1 Å². The zero-order valence-corrected chi connectivity index (χ0v) is 23.1. The summed E-state index contributed by atoms with van der Waals surface area (Å²) in [4.78, 5) is 27.8. The number of fused-ring (bicyclic) bond motifs is 1. The fourth-order valence-electron chi connectivity index (χ4n) is 5.43. The molecule has 9 nitrogen and oxygen atoms in total. The number of piperidine rings is 1. The molecule has 2 atom stereocenters. The number of halogens is 1. The van der Waals surface area contributed by atoms with E-state index < -0.39 is 0 Å². The molecule has 1 aromatic carbocycles. The number of ether oxygens (including phenoxy) is 1. The lowest BCUT2D eigenvalue weighted by atomic mass is 9.93. The molecule has 0 unspecified atom stereocenters. The maximum atomic E-state index is 14.0. The zero-order valence-electron chi connectivity index (χ0n) is 22.2. The number of carbonyl (C=O) groups is 2. The van der Waals surface area contributed by atoms with Crippen LogP contribution in [0.15, 0.2) is 18.2 Å². The highest BCUT2D eigenvalue weighted by Gasteiger charge is 2.35. The molecular formula is C27H41ClN6O3. The summed E-state index contributed by atoms with van der Waals surface area (Å²) in [5.74, 6) is -0.484. The fraction of sp³-hybridized carbons (Fsp3) is 0.630. The van der Waals surface area contributed by atoms with Crippen molar-refractivity contribution in [2.45, 2.75) is 64.8 Å². The van der Waals surface area contributed by atoms with E-state index in [1.807, 2.05) is 9.58 Å². The lowest BCUT2D eigenvalue weighted by Crippen LogP contribution is -2.54. The number of nitrogens with one attached hydrogen (secondary N) is 1. The molecule has 10 heteroatoms. The molecular weight excluding hydrogens is 492 g/mol. The Hall–Kier alpha value is -2.49. The van der Waals surface area contributed by atoms with Crippen LogP contribution >= 0.6 is 12.4 Å². The zero-order chi connectivity index (χ0) is 25.7. The number of hydrogen-bond acceptors (Lipinski definition) is 6. The first-order valence-corrected chi connectivity index (χ1v) is 13.3. The second kappa shape index (κ2) is 13.3. The molecule has 3 N–H and O–H groups in total. The Morgan fingerprint density at radius 3 is 2.73 bits per heavy atom. The molecule has 1 fully saturated rings. The van der Waals surface area contributed by atoms with E-state index in [0.717, 1.165) is 37.1 Å². The third-order valence-corrected chi connectivity index (χ3v) is 7.30. The van der Waals surface area contributed by atoms with Gasteiger partial charge in [0.1, 0.15) is 0 Å². The van der Waals surface area contributed by atoms with Gasteiger partial charge in [-0.1, -0.05) is 25.1 Å². The van der Waals surface area contributed by atoms with Gasteiger partial charge in [-0.25, -0.2) is 4.68 Å². The molecule has 204 valence electrons. The van der Waals surface area contributed by atoms with Crippen LogP contribution in [0.1, 0.15) is 66.8 Å². The maximum Gasteiger partial charge on any atom is 0.276 e. The van der Waals surface area contributed by atoms with E-state index in [1.54, 1.807) is 7.11 Å². The van der Waals surface area contributed by atoms with E-state index >= 15 is 0 Å². The molecule has 0 bridgehead atoms. The number of unbranched alkanes of at least 4 members (excludes halogenated alkanes) is 1. The summed E-state index contributed by atoms with van der Waals surface area (Å²) in [7, 11) is 1.70. The molecule has 1 aliphatic heterocycles. The Morgan fingerprint density at radius 2 is 2.00 bits per heavy atom. The number of benzene rings is 1. The molecule has 0 spiro atoms. The summed E-state index contributed by atoms with van der Waals surface area (Å²) in [5, 5.41) is 12.2. The molecule has 1 aromatic heterocycles. The number of methoxy groups -OCH3 is 1. The van der Waals surface area contributed by atoms with Crippen LogP contribution in [-0.2, 0) is 28.8 Å². The van der Waals surface area contributed by atoms with Gasteiger partial charge in [0, 0.05) is 39.4 Å². The van der Waals surface area contributed by atoms with E-state index in [9.17, 15) is 9.59 Å². The third kappa shape index (κ3) is 6.89. The fourth-order valence-corrected chi connectivity index (χ4v) is 5.43. The maximum absolute atomic E-state index is 14.0. The largest absolute Gasteiger partial charge is 0.385 e. The highest BCUT2D eigenvalue weighted by molar-refractivity contribution is 5.94. The molecule has 2 amide bonds. The standard InChI is InChI=1S/C27H40N6O3.ClH/c1-18(2)17-32(23-14-21(26(28)34)15-29-16-23)27(35)25-24(9-4-5-12-36-3)33(31-30-25)22-11-10-19-7-6-8-20(19)13-22;/h10-11,13,18,21,23,29H,4-9,12,14-17H2,1-3H3,(H2,28,34);1H/t21-,23+;/m1./s1. The van der Waals surface area contributed by atoms with E-state index in [2.05, 4.69) is 47.7 Å². The summed E-state index contributed by atoms with van der Waals surface area (Å²) >= 11 is 0. The van der Waals surface area contributed by atoms with Crippen molar-refractivity contribution in [3.63, 3.8) is 0 Å². The van der Waals surface area contributed by atoms with Crippen molar-refractivity contribution in [2.24, 2.45) is 17.6 Å². The number of amides is 2. The Kier molecular flexibility index (Phi) is 10.5. The quantitative estimate of drug-likeness (QED) is 0.430. The Bertz CT molecular complexity index is 1070. The van der Waals surface area contributed by atoms with Crippen molar-refractivity contribution in [2.75, 3.05) is 33.4 Å². The predicted molar refractivity (Wildman–Crippen MR) is 145 cm³/mol. The van der Waals surface area contributed by atoms with Gasteiger partial charge in [0.05, 0.1) is 17.3 Å². The molecule has 1 aliphatic carbocycles. The topological polar surface area (TPSA) is 115 Å². The number of hydrogen-bond donors (Lipinski definition) is 2. The van der Waals surface area contributed by atoms with E-state index in [1.165, 1.54) is 17.5 Å². The third-order valence-electron chi connectivity index (χ3n) is 7.30.